The summed E-state index contributed by atoms with van der Waals surface area (Å²) in [6.07, 6.45) is 0. The lowest BCUT2D eigenvalue weighted by Gasteiger charge is -2.08. The number of rotatable bonds is 6. The van der Waals surface area contributed by atoms with E-state index in [0.717, 1.165) is 10.5 Å². The molecule has 2 aromatic rings. The number of hydrogen-bond acceptors (Lipinski definition) is 4. The average molecular weight is 322 g/mol. The fourth-order valence-electron chi connectivity index (χ4n) is 1.73. The molecule has 0 aliphatic carbocycles. The van der Waals surface area contributed by atoms with Gasteiger partial charge in [-0.05, 0) is 36.8 Å². The molecule has 4 nitrogen and oxygen atoms in total. The van der Waals surface area contributed by atoms with Gasteiger partial charge in [0.1, 0.15) is 0 Å². The SMILES string of the molecule is Cc1ccc(S(=O)(=O)NCCSc2ccccc2)cc1N. The second-order valence-corrected chi connectivity index (χ2v) is 7.51. The van der Waals surface area contributed by atoms with Crippen LogP contribution in [0.2, 0.25) is 0 Å². The quantitative estimate of drug-likeness (QED) is 0.487. The molecule has 0 heterocycles. The van der Waals surface area contributed by atoms with E-state index in [1.165, 1.54) is 6.07 Å². The van der Waals surface area contributed by atoms with E-state index in [1.807, 2.05) is 37.3 Å². The van der Waals surface area contributed by atoms with Crippen LogP contribution in [0.1, 0.15) is 5.56 Å². The van der Waals surface area contributed by atoms with Crippen LogP contribution >= 0.6 is 11.8 Å². The predicted molar refractivity (Wildman–Crippen MR) is 87.9 cm³/mol. The lowest BCUT2D eigenvalue weighted by Crippen LogP contribution is -2.26. The number of hydrogen-bond donors (Lipinski definition) is 2. The zero-order chi connectivity index (χ0) is 15.3. The minimum atomic E-state index is -3.50. The van der Waals surface area contributed by atoms with Crippen LogP contribution in [0.4, 0.5) is 5.69 Å². The van der Waals surface area contributed by atoms with Crippen LogP contribution in [-0.4, -0.2) is 20.7 Å². The number of thioether (sulfide) groups is 1. The summed E-state index contributed by atoms with van der Waals surface area (Å²) in [5, 5.41) is 0. The molecule has 112 valence electrons. The summed E-state index contributed by atoms with van der Waals surface area (Å²) in [6, 6.07) is 14.6. The first kappa shape index (κ1) is 15.9. The molecule has 0 radical (unpaired) electrons. The van der Waals surface area contributed by atoms with E-state index in [4.69, 9.17) is 5.73 Å². The van der Waals surface area contributed by atoms with Gasteiger partial charge < -0.3 is 5.73 Å². The molecule has 0 fully saturated rings. The van der Waals surface area contributed by atoms with Crippen LogP contribution in [0, 0.1) is 6.92 Å². The normalized spacial score (nSPS) is 11.5. The first-order chi connectivity index (χ1) is 9.99. The van der Waals surface area contributed by atoms with Crippen LogP contribution < -0.4 is 10.5 Å². The van der Waals surface area contributed by atoms with Crippen molar-refractivity contribution < 1.29 is 8.42 Å². The summed E-state index contributed by atoms with van der Waals surface area (Å²) in [6.45, 7) is 2.21. The maximum atomic E-state index is 12.1. The zero-order valence-corrected chi connectivity index (χ0v) is 13.4. The Balaban J connectivity index is 1.91. The van der Waals surface area contributed by atoms with Crippen molar-refractivity contribution >= 4 is 27.5 Å². The van der Waals surface area contributed by atoms with Crippen LogP contribution in [-0.2, 0) is 10.0 Å². The lowest BCUT2D eigenvalue weighted by atomic mass is 10.2. The summed E-state index contributed by atoms with van der Waals surface area (Å²) in [5.74, 6) is 0.671. The highest BCUT2D eigenvalue weighted by Gasteiger charge is 2.14. The lowest BCUT2D eigenvalue weighted by molar-refractivity contribution is 0.584. The van der Waals surface area contributed by atoms with Gasteiger partial charge in [-0.3, -0.25) is 0 Å². The Morgan fingerprint density at radius 2 is 1.86 bits per heavy atom. The molecular weight excluding hydrogens is 304 g/mol. The molecule has 0 bridgehead atoms. The van der Waals surface area contributed by atoms with Gasteiger partial charge in [0.05, 0.1) is 4.90 Å². The summed E-state index contributed by atoms with van der Waals surface area (Å²) in [5.41, 5.74) is 7.10. The molecule has 0 aliphatic heterocycles. The van der Waals surface area contributed by atoms with Crippen LogP contribution in [0.5, 0.6) is 0 Å². The Morgan fingerprint density at radius 1 is 1.14 bits per heavy atom. The Bertz CT molecular complexity index is 701. The zero-order valence-electron chi connectivity index (χ0n) is 11.7. The van der Waals surface area contributed by atoms with Gasteiger partial charge in [0, 0.05) is 22.9 Å². The Morgan fingerprint density at radius 3 is 2.52 bits per heavy atom. The molecule has 0 aromatic heterocycles. The van der Waals surface area contributed by atoms with E-state index in [9.17, 15) is 8.42 Å². The van der Waals surface area contributed by atoms with E-state index >= 15 is 0 Å². The second-order valence-electron chi connectivity index (χ2n) is 4.58. The monoisotopic (exact) mass is 322 g/mol. The van der Waals surface area contributed by atoms with E-state index < -0.39 is 10.0 Å². The second kappa shape index (κ2) is 6.98. The third kappa shape index (κ3) is 4.49. The van der Waals surface area contributed by atoms with Crippen LogP contribution in [0.15, 0.2) is 58.3 Å². The van der Waals surface area contributed by atoms with Gasteiger partial charge in [0.2, 0.25) is 10.0 Å². The molecule has 0 saturated heterocycles. The third-order valence-electron chi connectivity index (χ3n) is 2.97. The molecule has 0 amide bonds. The number of nitrogens with one attached hydrogen (secondary N) is 1. The van der Waals surface area contributed by atoms with Crippen molar-refractivity contribution in [1.82, 2.24) is 4.72 Å². The van der Waals surface area contributed by atoms with Crippen molar-refractivity contribution in [3.63, 3.8) is 0 Å². The van der Waals surface area contributed by atoms with Crippen LogP contribution in [0.3, 0.4) is 0 Å². The Hall–Kier alpha value is -1.50. The molecule has 0 saturated carbocycles. The van der Waals surface area contributed by atoms with E-state index in [2.05, 4.69) is 4.72 Å². The third-order valence-corrected chi connectivity index (χ3v) is 5.44. The first-order valence-electron chi connectivity index (χ1n) is 6.53. The summed E-state index contributed by atoms with van der Waals surface area (Å²) in [7, 11) is -3.50. The smallest absolute Gasteiger partial charge is 0.240 e. The molecule has 0 atom stereocenters. The Kier molecular flexibility index (Phi) is 5.27. The van der Waals surface area contributed by atoms with Gasteiger partial charge in [0.15, 0.2) is 0 Å². The standard InChI is InChI=1S/C15H18N2O2S2/c1-12-7-8-14(11-15(12)16)21(18,19)17-9-10-20-13-5-3-2-4-6-13/h2-8,11,17H,9-10,16H2,1H3. The van der Waals surface area contributed by atoms with Crippen molar-refractivity contribution in [2.75, 3.05) is 18.0 Å². The van der Waals surface area contributed by atoms with E-state index in [0.29, 0.717) is 18.0 Å². The molecule has 0 aliphatic rings. The average Bonchev–Trinajstić information content (AvgIpc) is 2.47. The Labute approximate surface area is 129 Å². The summed E-state index contributed by atoms with van der Waals surface area (Å²) in [4.78, 5) is 1.33. The van der Waals surface area contributed by atoms with Crippen molar-refractivity contribution in [1.29, 1.82) is 0 Å². The fourth-order valence-corrected chi connectivity index (χ4v) is 3.72. The molecule has 0 unspecified atom stereocenters. The first-order valence-corrected chi connectivity index (χ1v) is 8.99. The van der Waals surface area contributed by atoms with Gasteiger partial charge in [-0.1, -0.05) is 24.3 Å². The van der Waals surface area contributed by atoms with Crippen molar-refractivity contribution in [2.45, 2.75) is 16.7 Å². The molecule has 0 spiro atoms. The highest BCUT2D eigenvalue weighted by atomic mass is 32.2. The van der Waals surface area contributed by atoms with Crippen LogP contribution in [0.25, 0.3) is 0 Å². The number of aryl methyl sites for hydroxylation is 1. The van der Waals surface area contributed by atoms with Gasteiger partial charge in [-0.15, -0.1) is 11.8 Å². The van der Waals surface area contributed by atoms with Crippen molar-refractivity contribution in [3.05, 3.63) is 54.1 Å². The van der Waals surface area contributed by atoms with Crippen molar-refractivity contribution in [3.8, 4) is 0 Å². The van der Waals surface area contributed by atoms with Gasteiger partial charge in [-0.25, -0.2) is 13.1 Å². The maximum Gasteiger partial charge on any atom is 0.240 e. The highest BCUT2D eigenvalue weighted by Crippen LogP contribution is 2.18. The topological polar surface area (TPSA) is 72.2 Å². The minimum absolute atomic E-state index is 0.204. The molecular formula is C15H18N2O2S2. The maximum absolute atomic E-state index is 12.1. The highest BCUT2D eigenvalue weighted by molar-refractivity contribution is 7.99. The van der Waals surface area contributed by atoms with Crippen molar-refractivity contribution in [2.24, 2.45) is 0 Å². The molecule has 21 heavy (non-hydrogen) atoms. The van der Waals surface area contributed by atoms with E-state index in [-0.39, 0.29) is 4.90 Å². The predicted octanol–water partition coefficient (Wildman–Crippen LogP) is 2.65. The molecule has 2 rings (SSSR count). The van der Waals surface area contributed by atoms with Gasteiger partial charge in [0.25, 0.3) is 0 Å². The molecule has 2 aromatic carbocycles. The summed E-state index contributed by atoms with van der Waals surface area (Å²) >= 11 is 1.61. The molecule has 3 N–H and O–H groups in total. The number of sulfonamides is 1. The minimum Gasteiger partial charge on any atom is -0.398 e. The van der Waals surface area contributed by atoms with E-state index in [1.54, 1.807) is 23.9 Å². The number of nitrogen functional groups attached to an aromatic ring is 1. The van der Waals surface area contributed by atoms with Gasteiger partial charge in [-0.2, -0.15) is 0 Å². The summed E-state index contributed by atoms with van der Waals surface area (Å²) < 4.78 is 26.9. The number of nitrogens with two attached hydrogens (primary N) is 1. The van der Waals surface area contributed by atoms with Gasteiger partial charge >= 0.3 is 0 Å². The molecule has 6 heteroatoms. The number of benzene rings is 2. The largest absolute Gasteiger partial charge is 0.398 e. The fraction of sp³-hybridized carbons (Fsp3) is 0.200. The number of anilines is 1.